The average molecular weight is 305 g/mol. The molecule has 1 N–H and O–H groups in total. The Hall–Kier alpha value is -1.39. The van der Waals surface area contributed by atoms with Crippen LogP contribution >= 0.6 is 27.3 Å². The van der Waals surface area contributed by atoms with Gasteiger partial charge < -0.3 is 4.98 Å². The first-order chi connectivity index (χ1) is 8.33. The Morgan fingerprint density at radius 1 is 1.12 bits per heavy atom. The van der Waals surface area contributed by atoms with Gasteiger partial charge in [0, 0.05) is 21.6 Å². The van der Waals surface area contributed by atoms with Crippen LogP contribution in [-0.4, -0.2) is 9.97 Å². The van der Waals surface area contributed by atoms with Gasteiger partial charge in [-0.2, -0.15) is 0 Å². The topological polar surface area (TPSA) is 28.7 Å². The number of benzene rings is 1. The summed E-state index contributed by atoms with van der Waals surface area (Å²) >= 11 is 5.09. The molecular weight excluding hydrogens is 296 g/mol. The van der Waals surface area contributed by atoms with Crippen molar-refractivity contribution in [1.29, 1.82) is 0 Å². The molecular formula is C13H9BrN2S. The second-order valence-corrected chi connectivity index (χ2v) is 5.40. The lowest BCUT2D eigenvalue weighted by atomic mass is 10.2. The van der Waals surface area contributed by atoms with Crippen LogP contribution in [0.25, 0.3) is 22.0 Å². The first-order valence-electron chi connectivity index (χ1n) is 5.18. The van der Waals surface area contributed by atoms with E-state index in [0.29, 0.717) is 0 Å². The van der Waals surface area contributed by atoms with Crippen LogP contribution in [-0.2, 0) is 0 Å². The lowest BCUT2D eigenvalue weighted by Crippen LogP contribution is -1.78. The molecule has 84 valence electrons. The van der Waals surface area contributed by atoms with Crippen molar-refractivity contribution < 1.29 is 0 Å². The quantitative estimate of drug-likeness (QED) is 0.738. The van der Waals surface area contributed by atoms with Crippen LogP contribution in [0.3, 0.4) is 0 Å². The number of thiazole rings is 1. The van der Waals surface area contributed by atoms with Crippen LogP contribution in [0.15, 0.2) is 52.4 Å². The van der Waals surface area contributed by atoms with Crippen molar-refractivity contribution >= 4 is 27.3 Å². The van der Waals surface area contributed by atoms with E-state index in [1.807, 2.05) is 30.5 Å². The minimum Gasteiger partial charge on any atom is -0.360 e. The van der Waals surface area contributed by atoms with Gasteiger partial charge in [0.15, 0.2) is 0 Å². The van der Waals surface area contributed by atoms with Crippen molar-refractivity contribution in [2.75, 3.05) is 0 Å². The summed E-state index contributed by atoms with van der Waals surface area (Å²) in [6.45, 7) is 0. The van der Waals surface area contributed by atoms with Crippen LogP contribution < -0.4 is 0 Å². The molecule has 0 atom stereocenters. The highest BCUT2D eigenvalue weighted by Gasteiger charge is 2.06. The molecule has 0 aliphatic rings. The summed E-state index contributed by atoms with van der Waals surface area (Å²) in [6, 6.07) is 12.2. The number of hydrogen-bond acceptors (Lipinski definition) is 2. The number of nitrogens with one attached hydrogen (secondary N) is 1. The molecule has 0 saturated heterocycles. The van der Waals surface area contributed by atoms with E-state index >= 15 is 0 Å². The van der Waals surface area contributed by atoms with Gasteiger partial charge >= 0.3 is 0 Å². The third-order valence-electron chi connectivity index (χ3n) is 2.47. The SMILES string of the molecule is Brc1ccc(-c2nc(-c3ccc[nH]3)cs2)cc1. The normalized spacial score (nSPS) is 10.6. The Kier molecular flexibility index (Phi) is 2.82. The van der Waals surface area contributed by atoms with Gasteiger partial charge in [-0.05, 0) is 24.3 Å². The zero-order valence-electron chi connectivity index (χ0n) is 8.85. The highest BCUT2D eigenvalue weighted by Crippen LogP contribution is 2.28. The minimum atomic E-state index is 0.998. The fraction of sp³-hybridized carbons (Fsp3) is 0. The Labute approximate surface area is 111 Å². The maximum absolute atomic E-state index is 4.62. The van der Waals surface area contributed by atoms with Gasteiger partial charge in [0.05, 0.1) is 11.4 Å². The van der Waals surface area contributed by atoms with Crippen LogP contribution in [0.1, 0.15) is 0 Å². The molecule has 17 heavy (non-hydrogen) atoms. The lowest BCUT2D eigenvalue weighted by molar-refractivity contribution is 1.33. The predicted octanol–water partition coefficient (Wildman–Crippen LogP) is 4.57. The third-order valence-corrected chi connectivity index (χ3v) is 3.89. The molecule has 2 nitrogen and oxygen atoms in total. The molecule has 0 aliphatic heterocycles. The molecule has 3 aromatic rings. The zero-order chi connectivity index (χ0) is 11.7. The second kappa shape index (κ2) is 4.47. The van der Waals surface area contributed by atoms with Gasteiger partial charge in [-0.15, -0.1) is 11.3 Å². The Bertz CT molecular complexity index is 611. The second-order valence-electron chi connectivity index (χ2n) is 3.63. The summed E-state index contributed by atoms with van der Waals surface area (Å²) in [7, 11) is 0. The number of H-pyrrole nitrogens is 1. The maximum atomic E-state index is 4.62. The number of halogens is 1. The van der Waals surface area contributed by atoms with Crippen molar-refractivity contribution in [3.05, 3.63) is 52.4 Å². The molecule has 0 saturated carbocycles. The van der Waals surface area contributed by atoms with Crippen LogP contribution in [0.2, 0.25) is 0 Å². The Balaban J connectivity index is 1.98. The molecule has 3 rings (SSSR count). The van der Waals surface area contributed by atoms with Crippen molar-refractivity contribution in [1.82, 2.24) is 9.97 Å². The van der Waals surface area contributed by atoms with Crippen molar-refractivity contribution in [2.24, 2.45) is 0 Å². The minimum absolute atomic E-state index is 0.998. The number of rotatable bonds is 2. The van der Waals surface area contributed by atoms with E-state index in [1.165, 1.54) is 0 Å². The van der Waals surface area contributed by atoms with E-state index in [2.05, 4.69) is 43.4 Å². The summed E-state index contributed by atoms with van der Waals surface area (Å²) in [5.74, 6) is 0. The molecule has 0 spiro atoms. The Morgan fingerprint density at radius 3 is 2.65 bits per heavy atom. The van der Waals surface area contributed by atoms with Crippen LogP contribution in [0.4, 0.5) is 0 Å². The fourth-order valence-electron chi connectivity index (χ4n) is 1.61. The highest BCUT2D eigenvalue weighted by molar-refractivity contribution is 9.10. The molecule has 0 fully saturated rings. The van der Waals surface area contributed by atoms with Gasteiger partial charge in [0.1, 0.15) is 5.01 Å². The summed E-state index contributed by atoms with van der Waals surface area (Å²) in [6.07, 6.45) is 1.91. The van der Waals surface area contributed by atoms with Gasteiger partial charge in [0.2, 0.25) is 0 Å². The average Bonchev–Trinajstić information content (AvgIpc) is 3.00. The number of aromatic amines is 1. The van der Waals surface area contributed by atoms with Gasteiger partial charge in [-0.3, -0.25) is 0 Å². The zero-order valence-corrected chi connectivity index (χ0v) is 11.3. The number of hydrogen-bond donors (Lipinski definition) is 1. The third kappa shape index (κ3) is 2.18. The smallest absolute Gasteiger partial charge is 0.124 e. The largest absolute Gasteiger partial charge is 0.360 e. The lowest BCUT2D eigenvalue weighted by Gasteiger charge is -1.95. The molecule has 0 bridgehead atoms. The van der Waals surface area contributed by atoms with E-state index in [0.717, 1.165) is 26.4 Å². The first-order valence-corrected chi connectivity index (χ1v) is 6.85. The van der Waals surface area contributed by atoms with Gasteiger partial charge in [-0.25, -0.2) is 4.98 Å². The highest BCUT2D eigenvalue weighted by atomic mass is 79.9. The summed E-state index contributed by atoms with van der Waals surface area (Å²) in [4.78, 5) is 7.79. The molecule has 0 amide bonds. The van der Waals surface area contributed by atoms with Gasteiger partial charge in [0.25, 0.3) is 0 Å². The summed E-state index contributed by atoms with van der Waals surface area (Å²) in [5, 5.41) is 3.12. The predicted molar refractivity (Wildman–Crippen MR) is 75.0 cm³/mol. The molecule has 1 aromatic carbocycles. The molecule has 2 aromatic heterocycles. The van der Waals surface area contributed by atoms with Crippen LogP contribution in [0.5, 0.6) is 0 Å². The number of aromatic nitrogens is 2. The van der Waals surface area contributed by atoms with E-state index in [-0.39, 0.29) is 0 Å². The van der Waals surface area contributed by atoms with Crippen LogP contribution in [0, 0.1) is 0 Å². The number of nitrogens with zero attached hydrogens (tertiary/aromatic N) is 1. The molecule has 0 aliphatic carbocycles. The fourth-order valence-corrected chi connectivity index (χ4v) is 2.70. The monoisotopic (exact) mass is 304 g/mol. The summed E-state index contributed by atoms with van der Waals surface area (Å²) in [5.41, 5.74) is 3.21. The molecule has 4 heteroatoms. The van der Waals surface area contributed by atoms with Crippen molar-refractivity contribution in [2.45, 2.75) is 0 Å². The van der Waals surface area contributed by atoms with Crippen molar-refractivity contribution in [3.8, 4) is 22.0 Å². The standard InChI is InChI=1S/C13H9BrN2S/c14-10-5-3-9(4-6-10)13-16-12(8-17-13)11-2-1-7-15-11/h1-8,15H. The molecule has 0 unspecified atom stereocenters. The molecule has 0 radical (unpaired) electrons. The van der Waals surface area contributed by atoms with E-state index < -0.39 is 0 Å². The van der Waals surface area contributed by atoms with Gasteiger partial charge in [-0.1, -0.05) is 28.1 Å². The van der Waals surface area contributed by atoms with E-state index in [1.54, 1.807) is 11.3 Å². The Morgan fingerprint density at radius 2 is 1.94 bits per heavy atom. The summed E-state index contributed by atoms with van der Waals surface area (Å²) < 4.78 is 1.09. The molecule has 2 heterocycles. The van der Waals surface area contributed by atoms with E-state index in [9.17, 15) is 0 Å². The van der Waals surface area contributed by atoms with E-state index in [4.69, 9.17) is 0 Å². The van der Waals surface area contributed by atoms with Crippen molar-refractivity contribution in [3.63, 3.8) is 0 Å². The first kappa shape index (κ1) is 10.7. The maximum Gasteiger partial charge on any atom is 0.124 e.